The van der Waals surface area contributed by atoms with Crippen LogP contribution in [0.15, 0.2) is 0 Å². The second-order valence-corrected chi connectivity index (χ2v) is 2.56. The number of Topliss-reactive ketones (excluding diaryl/α,β-unsaturated/α-hetero) is 1. The van der Waals surface area contributed by atoms with E-state index in [9.17, 15) is 14.4 Å². The maximum atomic E-state index is 10.9. The zero-order valence-electron chi connectivity index (χ0n) is 6.28. The molecular formula is C7H8O5. The van der Waals surface area contributed by atoms with Crippen LogP contribution < -0.4 is 0 Å². The fourth-order valence-corrected chi connectivity index (χ4v) is 1.02. The summed E-state index contributed by atoms with van der Waals surface area (Å²) < 4.78 is 4.43. The molecule has 5 nitrogen and oxygen atoms in total. The number of hydrogen-bond donors (Lipinski definition) is 1. The lowest BCUT2D eigenvalue weighted by molar-refractivity contribution is -0.142. The van der Waals surface area contributed by atoms with Crippen molar-refractivity contribution in [1.82, 2.24) is 0 Å². The molecule has 5 heteroatoms. The molecule has 0 aromatic carbocycles. The molecule has 1 aliphatic rings. The minimum Gasteiger partial charge on any atom is -0.481 e. The number of carbonyl (C=O) groups excluding carboxylic acids is 2. The van der Waals surface area contributed by atoms with Crippen LogP contribution >= 0.6 is 0 Å². The van der Waals surface area contributed by atoms with Gasteiger partial charge in [0.15, 0.2) is 12.4 Å². The Morgan fingerprint density at radius 3 is 2.67 bits per heavy atom. The lowest BCUT2D eigenvalue weighted by Gasteiger charge is -1.99. The van der Waals surface area contributed by atoms with Gasteiger partial charge < -0.3 is 9.84 Å². The van der Waals surface area contributed by atoms with Crippen LogP contribution in [0.1, 0.15) is 12.8 Å². The van der Waals surface area contributed by atoms with Crippen molar-refractivity contribution in [2.24, 2.45) is 5.92 Å². The van der Waals surface area contributed by atoms with Crippen molar-refractivity contribution in [2.45, 2.75) is 12.8 Å². The van der Waals surface area contributed by atoms with Gasteiger partial charge in [-0.25, -0.2) is 0 Å². The van der Waals surface area contributed by atoms with Crippen molar-refractivity contribution in [1.29, 1.82) is 0 Å². The maximum absolute atomic E-state index is 10.9. The molecule has 1 saturated heterocycles. The number of carbonyl (C=O) groups is 3. The molecule has 0 amide bonds. The molecule has 1 N–H and O–H groups in total. The van der Waals surface area contributed by atoms with Crippen LogP contribution in [0.5, 0.6) is 0 Å². The molecule has 0 aromatic heterocycles. The third-order valence-corrected chi connectivity index (χ3v) is 1.68. The van der Waals surface area contributed by atoms with Crippen LogP contribution in [-0.2, 0) is 19.1 Å². The summed E-state index contributed by atoms with van der Waals surface area (Å²) in [5.41, 5.74) is 0. The topological polar surface area (TPSA) is 80.7 Å². The number of rotatable bonds is 3. The summed E-state index contributed by atoms with van der Waals surface area (Å²) in [6.45, 7) is -0.205. The van der Waals surface area contributed by atoms with E-state index < -0.39 is 17.9 Å². The second-order valence-electron chi connectivity index (χ2n) is 2.56. The zero-order chi connectivity index (χ0) is 9.14. The molecule has 12 heavy (non-hydrogen) atoms. The highest BCUT2D eigenvalue weighted by atomic mass is 16.5. The van der Waals surface area contributed by atoms with Crippen molar-refractivity contribution in [3.8, 4) is 0 Å². The van der Waals surface area contributed by atoms with Crippen LogP contribution in [0.2, 0.25) is 0 Å². The number of ether oxygens (including phenoxy) is 1. The summed E-state index contributed by atoms with van der Waals surface area (Å²) in [7, 11) is 0. The first-order chi connectivity index (χ1) is 5.61. The largest absolute Gasteiger partial charge is 0.481 e. The number of carboxylic acids is 1. The van der Waals surface area contributed by atoms with Gasteiger partial charge in [0, 0.05) is 6.42 Å². The van der Waals surface area contributed by atoms with Crippen LogP contribution in [0.25, 0.3) is 0 Å². The third-order valence-electron chi connectivity index (χ3n) is 1.68. The molecular weight excluding hydrogens is 164 g/mol. The van der Waals surface area contributed by atoms with Gasteiger partial charge in [0.1, 0.15) is 5.92 Å². The predicted molar refractivity (Wildman–Crippen MR) is 36.3 cm³/mol. The molecule has 1 fully saturated rings. The van der Waals surface area contributed by atoms with Gasteiger partial charge in [-0.1, -0.05) is 0 Å². The van der Waals surface area contributed by atoms with Crippen molar-refractivity contribution in [3.05, 3.63) is 0 Å². The summed E-state index contributed by atoms with van der Waals surface area (Å²) in [6, 6.07) is 0. The van der Waals surface area contributed by atoms with E-state index in [0.29, 0.717) is 0 Å². The van der Waals surface area contributed by atoms with Gasteiger partial charge in [-0.15, -0.1) is 0 Å². The first-order valence-corrected chi connectivity index (χ1v) is 3.52. The van der Waals surface area contributed by atoms with E-state index in [1.165, 1.54) is 0 Å². The lowest BCUT2D eigenvalue weighted by Crippen LogP contribution is -2.16. The normalized spacial score (nSPS) is 22.5. The van der Waals surface area contributed by atoms with Crippen LogP contribution in [0, 0.1) is 5.92 Å². The average molecular weight is 172 g/mol. The van der Waals surface area contributed by atoms with Crippen LogP contribution in [-0.4, -0.2) is 29.4 Å². The first kappa shape index (κ1) is 8.70. The van der Waals surface area contributed by atoms with E-state index in [1.54, 1.807) is 0 Å². The smallest absolute Gasteiger partial charge is 0.317 e. The molecule has 0 saturated carbocycles. The number of carboxylic acid groups (broad SMARTS) is 1. The molecule has 0 aromatic rings. The molecule has 0 bridgehead atoms. The molecule has 1 heterocycles. The quantitative estimate of drug-likeness (QED) is 0.462. The number of esters is 1. The van der Waals surface area contributed by atoms with Gasteiger partial charge >= 0.3 is 11.9 Å². The molecule has 0 radical (unpaired) electrons. The minimum absolute atomic E-state index is 0.0486. The number of aliphatic carboxylic acids is 1. The van der Waals surface area contributed by atoms with Gasteiger partial charge in [0.05, 0.1) is 0 Å². The van der Waals surface area contributed by atoms with Crippen LogP contribution in [0.3, 0.4) is 0 Å². The Bertz CT molecular complexity index is 216. The molecule has 0 spiro atoms. The van der Waals surface area contributed by atoms with Crippen molar-refractivity contribution in [3.63, 3.8) is 0 Å². The highest BCUT2D eigenvalue weighted by Gasteiger charge is 2.34. The molecule has 66 valence electrons. The highest BCUT2D eigenvalue weighted by molar-refractivity contribution is 6.04. The average Bonchev–Trinajstić information content (AvgIpc) is 2.28. The summed E-state index contributed by atoms with van der Waals surface area (Å²) in [5.74, 6) is -2.77. The van der Waals surface area contributed by atoms with E-state index in [0.717, 1.165) is 0 Å². The Morgan fingerprint density at radius 2 is 2.25 bits per heavy atom. The summed E-state index contributed by atoms with van der Waals surface area (Å²) in [6.07, 6.45) is -0.126. The Morgan fingerprint density at radius 1 is 1.58 bits per heavy atom. The van der Waals surface area contributed by atoms with E-state index in [1.807, 2.05) is 0 Å². The van der Waals surface area contributed by atoms with Gasteiger partial charge in [-0.3, -0.25) is 14.4 Å². The van der Waals surface area contributed by atoms with Gasteiger partial charge in [-0.2, -0.15) is 0 Å². The van der Waals surface area contributed by atoms with E-state index >= 15 is 0 Å². The van der Waals surface area contributed by atoms with Crippen LogP contribution in [0.4, 0.5) is 0 Å². The Labute approximate surface area is 68.3 Å². The fourth-order valence-electron chi connectivity index (χ4n) is 1.02. The number of hydrogen-bond acceptors (Lipinski definition) is 4. The SMILES string of the molecule is O=C(O)CCC1C(=O)COC1=O. The van der Waals surface area contributed by atoms with Gasteiger partial charge in [-0.05, 0) is 6.42 Å². The highest BCUT2D eigenvalue weighted by Crippen LogP contribution is 2.16. The maximum Gasteiger partial charge on any atom is 0.317 e. The van der Waals surface area contributed by atoms with Gasteiger partial charge in [0.25, 0.3) is 0 Å². The van der Waals surface area contributed by atoms with E-state index in [4.69, 9.17) is 5.11 Å². The molecule has 1 unspecified atom stereocenters. The second kappa shape index (κ2) is 3.34. The Hall–Kier alpha value is -1.39. The minimum atomic E-state index is -1.01. The van der Waals surface area contributed by atoms with E-state index in [2.05, 4.69) is 4.74 Å². The number of cyclic esters (lactones) is 1. The first-order valence-electron chi connectivity index (χ1n) is 3.52. The summed E-state index contributed by atoms with van der Waals surface area (Å²) in [4.78, 5) is 31.7. The summed E-state index contributed by atoms with van der Waals surface area (Å²) >= 11 is 0. The Balaban J connectivity index is 2.45. The zero-order valence-corrected chi connectivity index (χ0v) is 6.28. The molecule has 1 rings (SSSR count). The molecule has 1 atom stereocenters. The Kier molecular flexibility index (Phi) is 2.42. The predicted octanol–water partition coefficient (Wildman–Crippen LogP) is -0.407. The van der Waals surface area contributed by atoms with Crippen molar-refractivity contribution in [2.75, 3.05) is 6.61 Å². The van der Waals surface area contributed by atoms with Crippen molar-refractivity contribution >= 4 is 17.7 Å². The number of ketones is 1. The molecule has 1 aliphatic heterocycles. The lowest BCUT2D eigenvalue weighted by atomic mass is 10.0. The summed E-state index contributed by atoms with van der Waals surface area (Å²) in [5, 5.41) is 8.28. The van der Waals surface area contributed by atoms with E-state index in [-0.39, 0.29) is 25.2 Å². The van der Waals surface area contributed by atoms with Gasteiger partial charge in [0.2, 0.25) is 0 Å². The fraction of sp³-hybridized carbons (Fsp3) is 0.571. The van der Waals surface area contributed by atoms with Crippen molar-refractivity contribution < 1.29 is 24.2 Å². The molecule has 0 aliphatic carbocycles. The third kappa shape index (κ3) is 1.81. The monoisotopic (exact) mass is 172 g/mol. The standard InChI is InChI=1S/C7H8O5/c8-5-3-12-7(11)4(5)1-2-6(9)10/h4H,1-3H2,(H,9,10).